The first-order chi connectivity index (χ1) is 11.6. The fourth-order valence-corrected chi connectivity index (χ4v) is 3.58. The van der Waals surface area contributed by atoms with Gasteiger partial charge in [0, 0.05) is 17.9 Å². The Labute approximate surface area is 143 Å². The molecule has 124 valence electrons. The Kier molecular flexibility index (Phi) is 5.15. The van der Waals surface area contributed by atoms with E-state index in [2.05, 4.69) is 10.6 Å². The summed E-state index contributed by atoms with van der Waals surface area (Å²) in [6, 6.07) is 13.7. The molecule has 24 heavy (non-hydrogen) atoms. The zero-order valence-electron chi connectivity index (χ0n) is 12.9. The Morgan fingerprint density at radius 1 is 1.17 bits per heavy atom. The number of para-hydroxylation sites is 1. The smallest absolute Gasteiger partial charge is 0.238 e. The Morgan fingerprint density at radius 3 is 2.71 bits per heavy atom. The molecule has 4 nitrogen and oxygen atoms in total. The summed E-state index contributed by atoms with van der Waals surface area (Å²) in [4.78, 5) is 25.1. The van der Waals surface area contributed by atoms with E-state index in [1.807, 2.05) is 24.3 Å². The van der Waals surface area contributed by atoms with Gasteiger partial charge in [-0.1, -0.05) is 24.3 Å². The van der Waals surface area contributed by atoms with Gasteiger partial charge in [-0.2, -0.15) is 0 Å². The van der Waals surface area contributed by atoms with E-state index in [-0.39, 0.29) is 24.1 Å². The van der Waals surface area contributed by atoms with Crippen LogP contribution in [0.2, 0.25) is 0 Å². The van der Waals surface area contributed by atoms with Gasteiger partial charge >= 0.3 is 0 Å². The number of carbonyl (C=O) groups is 2. The maximum Gasteiger partial charge on any atom is 0.238 e. The van der Waals surface area contributed by atoms with Crippen LogP contribution in [0.15, 0.2) is 53.4 Å². The first-order valence-corrected chi connectivity index (χ1v) is 8.57. The number of fused-ring (bicyclic) bond motifs is 1. The summed E-state index contributed by atoms with van der Waals surface area (Å²) < 4.78 is 12.8. The van der Waals surface area contributed by atoms with Crippen LogP contribution in [0.25, 0.3) is 0 Å². The molecule has 1 aliphatic rings. The zero-order valence-corrected chi connectivity index (χ0v) is 13.7. The number of benzene rings is 2. The molecule has 0 radical (unpaired) electrons. The maximum absolute atomic E-state index is 12.8. The van der Waals surface area contributed by atoms with E-state index in [4.69, 9.17) is 0 Å². The lowest BCUT2D eigenvalue weighted by Gasteiger charge is -2.23. The van der Waals surface area contributed by atoms with Crippen molar-refractivity contribution in [3.05, 3.63) is 59.9 Å². The SMILES string of the molecule is O=C(C[C@H]1Sc2ccccc2NC1=O)NCCc1ccc(F)cc1. The fraction of sp³-hybridized carbons (Fsp3) is 0.222. The van der Waals surface area contributed by atoms with Crippen LogP contribution in [0.3, 0.4) is 0 Å². The predicted molar refractivity (Wildman–Crippen MR) is 92.4 cm³/mol. The van der Waals surface area contributed by atoms with Crippen LogP contribution >= 0.6 is 11.8 Å². The maximum atomic E-state index is 12.8. The standard InChI is InChI=1S/C18H17FN2O2S/c19-13-7-5-12(6-8-13)9-10-20-17(22)11-16-18(23)21-14-3-1-2-4-15(14)24-16/h1-8,16H,9-11H2,(H,20,22)(H,21,23)/t16-/m1/s1. The van der Waals surface area contributed by atoms with Crippen LogP contribution in [0, 0.1) is 5.82 Å². The molecule has 0 spiro atoms. The van der Waals surface area contributed by atoms with Crippen LogP contribution in [0.1, 0.15) is 12.0 Å². The van der Waals surface area contributed by atoms with Crippen LogP contribution in [-0.4, -0.2) is 23.6 Å². The van der Waals surface area contributed by atoms with E-state index in [1.54, 1.807) is 12.1 Å². The van der Waals surface area contributed by atoms with Gasteiger partial charge in [0.2, 0.25) is 11.8 Å². The van der Waals surface area contributed by atoms with Gasteiger partial charge in [-0.25, -0.2) is 4.39 Å². The molecule has 0 bridgehead atoms. The Bertz CT molecular complexity index is 749. The molecule has 6 heteroatoms. The van der Waals surface area contributed by atoms with Crippen LogP contribution in [0.5, 0.6) is 0 Å². The van der Waals surface area contributed by atoms with E-state index in [0.717, 1.165) is 16.1 Å². The Morgan fingerprint density at radius 2 is 1.92 bits per heavy atom. The molecule has 0 saturated carbocycles. The second-order valence-electron chi connectivity index (χ2n) is 5.52. The van der Waals surface area contributed by atoms with Gasteiger partial charge in [0.1, 0.15) is 5.82 Å². The summed E-state index contributed by atoms with van der Waals surface area (Å²) in [6.07, 6.45) is 0.757. The molecule has 0 unspecified atom stereocenters. The number of amides is 2. The normalized spacial score (nSPS) is 16.2. The quantitative estimate of drug-likeness (QED) is 0.877. The number of hydrogen-bond donors (Lipinski definition) is 2. The van der Waals surface area contributed by atoms with Crippen molar-refractivity contribution in [2.45, 2.75) is 23.0 Å². The van der Waals surface area contributed by atoms with E-state index in [0.29, 0.717) is 13.0 Å². The summed E-state index contributed by atoms with van der Waals surface area (Å²) in [5.41, 5.74) is 1.75. The van der Waals surface area contributed by atoms with Gasteiger partial charge in [0.25, 0.3) is 0 Å². The molecule has 0 aliphatic carbocycles. The highest BCUT2D eigenvalue weighted by Gasteiger charge is 2.28. The molecule has 0 saturated heterocycles. The second-order valence-corrected chi connectivity index (χ2v) is 6.77. The number of rotatable bonds is 5. The molecular weight excluding hydrogens is 327 g/mol. The summed E-state index contributed by atoms with van der Waals surface area (Å²) in [6.45, 7) is 0.458. The molecule has 0 fully saturated rings. The Hall–Kier alpha value is -2.34. The lowest BCUT2D eigenvalue weighted by molar-refractivity contribution is -0.124. The van der Waals surface area contributed by atoms with Gasteiger partial charge < -0.3 is 10.6 Å². The van der Waals surface area contributed by atoms with Crippen molar-refractivity contribution in [2.24, 2.45) is 0 Å². The Balaban J connectivity index is 1.48. The van der Waals surface area contributed by atoms with Gasteiger partial charge in [-0.15, -0.1) is 11.8 Å². The molecule has 1 heterocycles. The number of anilines is 1. The molecule has 2 amide bonds. The minimum absolute atomic E-state index is 0.133. The number of halogens is 1. The summed E-state index contributed by atoms with van der Waals surface area (Å²) in [5, 5.41) is 5.21. The van der Waals surface area contributed by atoms with E-state index >= 15 is 0 Å². The largest absolute Gasteiger partial charge is 0.356 e. The monoisotopic (exact) mass is 344 g/mol. The van der Waals surface area contributed by atoms with Crippen molar-refractivity contribution in [1.29, 1.82) is 0 Å². The average Bonchev–Trinajstić information content (AvgIpc) is 2.57. The molecule has 3 rings (SSSR count). The molecule has 2 aromatic carbocycles. The molecule has 1 atom stereocenters. The molecule has 1 aliphatic heterocycles. The fourth-order valence-electron chi connectivity index (χ4n) is 2.46. The minimum atomic E-state index is -0.425. The van der Waals surface area contributed by atoms with E-state index in [1.165, 1.54) is 23.9 Å². The third-order valence-corrected chi connectivity index (χ3v) is 5.00. The number of carbonyl (C=O) groups excluding carboxylic acids is 2. The van der Waals surface area contributed by atoms with Crippen molar-refractivity contribution in [2.75, 3.05) is 11.9 Å². The first kappa shape index (κ1) is 16.5. The average molecular weight is 344 g/mol. The van der Waals surface area contributed by atoms with Gasteiger partial charge in [-0.3, -0.25) is 9.59 Å². The zero-order chi connectivity index (χ0) is 16.9. The van der Waals surface area contributed by atoms with Gasteiger partial charge in [0.05, 0.1) is 10.9 Å². The number of nitrogens with one attached hydrogen (secondary N) is 2. The summed E-state index contributed by atoms with van der Waals surface area (Å²) in [7, 11) is 0. The van der Waals surface area contributed by atoms with Crippen LogP contribution in [0.4, 0.5) is 10.1 Å². The second kappa shape index (κ2) is 7.49. The van der Waals surface area contributed by atoms with Gasteiger partial charge in [-0.05, 0) is 36.2 Å². The van der Waals surface area contributed by atoms with Crippen molar-refractivity contribution in [1.82, 2.24) is 5.32 Å². The van der Waals surface area contributed by atoms with E-state index < -0.39 is 5.25 Å². The van der Waals surface area contributed by atoms with Crippen LogP contribution < -0.4 is 10.6 Å². The third-order valence-electron chi connectivity index (χ3n) is 3.73. The van der Waals surface area contributed by atoms with Crippen molar-refractivity contribution >= 4 is 29.3 Å². The molecule has 2 aromatic rings. The summed E-state index contributed by atoms with van der Waals surface area (Å²) >= 11 is 1.41. The third kappa shape index (κ3) is 4.14. The van der Waals surface area contributed by atoms with Gasteiger partial charge in [0.15, 0.2) is 0 Å². The van der Waals surface area contributed by atoms with E-state index in [9.17, 15) is 14.0 Å². The highest BCUT2D eigenvalue weighted by atomic mass is 32.2. The predicted octanol–water partition coefficient (Wildman–Crippen LogP) is 2.99. The first-order valence-electron chi connectivity index (χ1n) is 7.69. The summed E-state index contributed by atoms with van der Waals surface area (Å²) in [5.74, 6) is -0.583. The number of thioether (sulfide) groups is 1. The topological polar surface area (TPSA) is 58.2 Å². The van der Waals surface area contributed by atoms with Crippen LogP contribution in [-0.2, 0) is 16.0 Å². The lowest BCUT2D eigenvalue weighted by atomic mass is 10.1. The molecular formula is C18H17FN2O2S. The molecule has 0 aromatic heterocycles. The highest BCUT2D eigenvalue weighted by Crippen LogP contribution is 2.36. The van der Waals surface area contributed by atoms with Crippen molar-refractivity contribution in [3.63, 3.8) is 0 Å². The number of hydrogen-bond acceptors (Lipinski definition) is 3. The molecule has 2 N–H and O–H groups in total. The van der Waals surface area contributed by atoms with Crippen molar-refractivity contribution < 1.29 is 14.0 Å². The highest BCUT2D eigenvalue weighted by molar-refractivity contribution is 8.01. The van der Waals surface area contributed by atoms with Crippen molar-refractivity contribution in [3.8, 4) is 0 Å². The minimum Gasteiger partial charge on any atom is -0.356 e. The lowest BCUT2D eigenvalue weighted by Crippen LogP contribution is -2.35.